The summed E-state index contributed by atoms with van der Waals surface area (Å²) in [5.74, 6) is -0.645. The van der Waals surface area contributed by atoms with E-state index < -0.39 is 4.92 Å². The Morgan fingerprint density at radius 2 is 1.77 bits per heavy atom. The molecule has 0 unspecified atom stereocenters. The van der Waals surface area contributed by atoms with Crippen molar-refractivity contribution in [2.45, 2.75) is 32.7 Å². The summed E-state index contributed by atoms with van der Waals surface area (Å²) in [6, 6.07) is 14.3. The maximum atomic E-state index is 13.0. The summed E-state index contributed by atoms with van der Waals surface area (Å²) in [6.45, 7) is 2.60. The normalized spacial score (nSPS) is 23.4. The molecule has 30 heavy (non-hydrogen) atoms. The van der Waals surface area contributed by atoms with Crippen molar-refractivity contribution in [3.05, 3.63) is 64.2 Å². The van der Waals surface area contributed by atoms with Crippen LogP contribution in [0.3, 0.4) is 0 Å². The van der Waals surface area contributed by atoms with Crippen LogP contribution in [0.4, 0.5) is 17.1 Å². The molecule has 2 fully saturated rings. The van der Waals surface area contributed by atoms with Crippen LogP contribution in [0, 0.1) is 27.9 Å². The number of hydrogen-bond acceptors (Lipinski definition) is 5. The Hall–Kier alpha value is -3.22. The van der Waals surface area contributed by atoms with E-state index in [1.807, 2.05) is 30.3 Å². The molecular formula is C23H25N3O4. The lowest BCUT2D eigenvalue weighted by atomic mass is 9.76. The number of anilines is 2. The molecule has 2 aromatic rings. The topological polar surface area (TPSA) is 83.8 Å². The monoisotopic (exact) mass is 407 g/mol. The number of carbonyl (C=O) groups is 2. The molecule has 2 aromatic carbocycles. The van der Waals surface area contributed by atoms with Gasteiger partial charge < -0.3 is 4.90 Å². The van der Waals surface area contributed by atoms with Gasteiger partial charge >= 0.3 is 0 Å². The third kappa shape index (κ3) is 3.56. The van der Waals surface area contributed by atoms with E-state index in [1.54, 1.807) is 24.1 Å². The molecule has 0 radical (unpaired) electrons. The van der Waals surface area contributed by atoms with Crippen molar-refractivity contribution < 1.29 is 14.5 Å². The highest BCUT2D eigenvalue weighted by Crippen LogP contribution is 2.43. The highest BCUT2D eigenvalue weighted by atomic mass is 16.6. The molecule has 1 saturated carbocycles. The van der Waals surface area contributed by atoms with Crippen molar-refractivity contribution in [3.8, 4) is 0 Å². The number of nitro groups is 1. The molecule has 1 heterocycles. The molecular weight excluding hydrogens is 382 g/mol. The second-order valence-electron chi connectivity index (χ2n) is 8.41. The molecule has 0 N–H and O–H groups in total. The zero-order chi connectivity index (χ0) is 21.4. The maximum Gasteiger partial charge on any atom is 0.294 e. The van der Waals surface area contributed by atoms with Crippen LogP contribution in [0.25, 0.3) is 0 Å². The van der Waals surface area contributed by atoms with Gasteiger partial charge in [0.25, 0.3) is 5.69 Å². The molecule has 1 aliphatic heterocycles. The number of amides is 2. The fourth-order valence-corrected chi connectivity index (χ4v) is 4.71. The standard InChI is InChI=1S/C23H25N3O4/c1-15-8-10-18-19(12-15)23(28)25(22(18)27)17-9-11-20(21(13-17)26(29)30)24(2)14-16-6-4-3-5-7-16/h3-7,9,11,13,15,18-19H,8,10,12,14H2,1-2H3/t15-,18+,19+/m1/s1. The van der Waals surface area contributed by atoms with Crippen molar-refractivity contribution in [1.29, 1.82) is 0 Å². The molecule has 4 rings (SSSR count). The first kappa shape index (κ1) is 20.1. The van der Waals surface area contributed by atoms with E-state index in [9.17, 15) is 19.7 Å². The summed E-state index contributed by atoms with van der Waals surface area (Å²) in [5.41, 5.74) is 1.64. The van der Waals surface area contributed by atoms with E-state index in [2.05, 4.69) is 6.92 Å². The Bertz CT molecular complexity index is 991. The van der Waals surface area contributed by atoms with Crippen molar-refractivity contribution in [2.75, 3.05) is 16.8 Å². The number of hydrogen-bond donors (Lipinski definition) is 0. The summed E-state index contributed by atoms with van der Waals surface area (Å²) in [7, 11) is 1.79. The zero-order valence-electron chi connectivity index (χ0n) is 17.2. The summed E-state index contributed by atoms with van der Waals surface area (Å²) < 4.78 is 0. The number of imide groups is 1. The number of carbonyl (C=O) groups excluding carboxylic acids is 2. The van der Waals surface area contributed by atoms with Crippen LogP contribution in [0.5, 0.6) is 0 Å². The molecule has 1 saturated heterocycles. The molecule has 7 nitrogen and oxygen atoms in total. The minimum Gasteiger partial charge on any atom is -0.365 e. The molecule has 156 valence electrons. The van der Waals surface area contributed by atoms with Crippen molar-refractivity contribution in [3.63, 3.8) is 0 Å². The van der Waals surface area contributed by atoms with Crippen LogP contribution in [0.2, 0.25) is 0 Å². The van der Waals surface area contributed by atoms with Gasteiger partial charge in [0.2, 0.25) is 11.8 Å². The molecule has 2 aliphatic rings. The predicted molar refractivity (Wildman–Crippen MR) is 114 cm³/mol. The molecule has 1 aliphatic carbocycles. The van der Waals surface area contributed by atoms with E-state index in [1.165, 1.54) is 11.0 Å². The maximum absolute atomic E-state index is 13.0. The van der Waals surface area contributed by atoms with Gasteiger partial charge in [-0.05, 0) is 42.9 Å². The van der Waals surface area contributed by atoms with Gasteiger partial charge in [0, 0.05) is 19.7 Å². The first-order valence-corrected chi connectivity index (χ1v) is 10.3. The Balaban J connectivity index is 1.64. The number of benzene rings is 2. The Morgan fingerprint density at radius 1 is 1.07 bits per heavy atom. The number of rotatable bonds is 5. The van der Waals surface area contributed by atoms with Crippen molar-refractivity contribution in [2.24, 2.45) is 17.8 Å². The van der Waals surface area contributed by atoms with Crippen LogP contribution in [-0.4, -0.2) is 23.8 Å². The first-order valence-electron chi connectivity index (χ1n) is 10.3. The van der Waals surface area contributed by atoms with Crippen molar-refractivity contribution >= 4 is 28.9 Å². The number of fused-ring (bicyclic) bond motifs is 1. The SMILES string of the molecule is C[C@@H]1CC[C@@H]2C(=O)N(c3ccc(N(C)Cc4ccccc4)c([N+](=O)[O-])c3)C(=O)[C@H]2C1. The number of nitro benzene ring substituents is 1. The van der Waals surface area contributed by atoms with Gasteiger partial charge in [0.1, 0.15) is 5.69 Å². The molecule has 3 atom stereocenters. The van der Waals surface area contributed by atoms with Gasteiger partial charge in [-0.3, -0.25) is 19.7 Å². The van der Waals surface area contributed by atoms with Crippen LogP contribution < -0.4 is 9.80 Å². The Labute approximate surface area is 175 Å². The molecule has 7 heteroatoms. The van der Waals surface area contributed by atoms with E-state index in [4.69, 9.17) is 0 Å². The second kappa shape index (κ2) is 7.89. The number of nitrogens with zero attached hydrogens (tertiary/aromatic N) is 3. The van der Waals surface area contributed by atoms with Gasteiger partial charge in [0.05, 0.1) is 22.4 Å². The molecule has 0 spiro atoms. The fraction of sp³-hybridized carbons (Fsp3) is 0.391. The average Bonchev–Trinajstić information content (AvgIpc) is 2.98. The highest BCUT2D eigenvalue weighted by molar-refractivity contribution is 6.22. The largest absolute Gasteiger partial charge is 0.365 e. The first-order chi connectivity index (χ1) is 14.4. The third-order valence-corrected chi connectivity index (χ3v) is 6.28. The van der Waals surface area contributed by atoms with E-state index in [0.29, 0.717) is 31.0 Å². The van der Waals surface area contributed by atoms with E-state index in [-0.39, 0.29) is 35.0 Å². The van der Waals surface area contributed by atoms with Crippen LogP contribution >= 0.6 is 0 Å². The zero-order valence-corrected chi connectivity index (χ0v) is 17.2. The summed E-state index contributed by atoms with van der Waals surface area (Å²) >= 11 is 0. The molecule has 2 amide bonds. The summed E-state index contributed by atoms with van der Waals surface area (Å²) in [4.78, 5) is 40.2. The fourth-order valence-electron chi connectivity index (χ4n) is 4.71. The minimum atomic E-state index is -0.458. The lowest BCUT2D eigenvalue weighted by Gasteiger charge is -2.25. The third-order valence-electron chi connectivity index (χ3n) is 6.28. The van der Waals surface area contributed by atoms with Gasteiger partial charge in [0.15, 0.2) is 0 Å². The minimum absolute atomic E-state index is 0.116. The quantitative estimate of drug-likeness (QED) is 0.422. The van der Waals surface area contributed by atoms with Crippen molar-refractivity contribution in [1.82, 2.24) is 0 Å². The highest BCUT2D eigenvalue weighted by Gasteiger charge is 2.50. The Morgan fingerprint density at radius 3 is 2.47 bits per heavy atom. The summed E-state index contributed by atoms with van der Waals surface area (Å²) in [6.07, 6.45) is 2.33. The Kier molecular flexibility index (Phi) is 5.28. The average molecular weight is 407 g/mol. The lowest BCUT2D eigenvalue weighted by molar-refractivity contribution is -0.384. The van der Waals surface area contributed by atoms with Crippen LogP contribution in [-0.2, 0) is 16.1 Å². The van der Waals surface area contributed by atoms with E-state index in [0.717, 1.165) is 12.0 Å². The van der Waals surface area contributed by atoms with Gasteiger partial charge in [-0.1, -0.05) is 37.3 Å². The lowest BCUT2D eigenvalue weighted by Crippen LogP contribution is -2.31. The van der Waals surface area contributed by atoms with Gasteiger partial charge in [-0.25, -0.2) is 4.90 Å². The second-order valence-corrected chi connectivity index (χ2v) is 8.41. The molecule has 0 bridgehead atoms. The predicted octanol–water partition coefficient (Wildman–Crippen LogP) is 4.16. The summed E-state index contributed by atoms with van der Waals surface area (Å²) in [5, 5.41) is 11.8. The van der Waals surface area contributed by atoms with Gasteiger partial charge in [-0.2, -0.15) is 0 Å². The smallest absolute Gasteiger partial charge is 0.294 e. The van der Waals surface area contributed by atoms with Crippen LogP contribution in [0.15, 0.2) is 48.5 Å². The van der Waals surface area contributed by atoms with Crippen LogP contribution in [0.1, 0.15) is 31.7 Å². The van der Waals surface area contributed by atoms with Gasteiger partial charge in [-0.15, -0.1) is 0 Å². The molecule has 0 aromatic heterocycles. The van der Waals surface area contributed by atoms with E-state index >= 15 is 0 Å².